The lowest BCUT2D eigenvalue weighted by Crippen LogP contribution is -1.69. The van der Waals surface area contributed by atoms with E-state index in [4.69, 9.17) is 5.26 Å². The van der Waals surface area contributed by atoms with E-state index in [1.807, 2.05) is 6.08 Å². The summed E-state index contributed by atoms with van der Waals surface area (Å²) >= 11 is 0. The predicted molar refractivity (Wildman–Crippen MR) is 57.2 cm³/mol. The van der Waals surface area contributed by atoms with Gasteiger partial charge in [0.2, 0.25) is 0 Å². The molecule has 0 aliphatic carbocycles. The standard InChI is InChI=1S/C12H17N/c1-2-3-4-5-6-7-8-9-10-11-12-13/h2-4,7-8H,1,5-6,9-11H2/b4-3+,8-7+. The molecule has 0 unspecified atom stereocenters. The van der Waals surface area contributed by atoms with Gasteiger partial charge in [-0.3, -0.25) is 0 Å². The molecule has 0 N–H and O–H groups in total. The number of hydrogen-bond acceptors (Lipinski definition) is 1. The van der Waals surface area contributed by atoms with Crippen molar-refractivity contribution in [3.05, 3.63) is 37.0 Å². The van der Waals surface area contributed by atoms with Crippen molar-refractivity contribution in [3.63, 3.8) is 0 Å². The molecular weight excluding hydrogens is 158 g/mol. The van der Waals surface area contributed by atoms with Gasteiger partial charge in [-0.25, -0.2) is 0 Å². The summed E-state index contributed by atoms with van der Waals surface area (Å²) in [7, 11) is 0. The molecule has 0 aromatic heterocycles. The molecular formula is C12H17N. The molecule has 0 aromatic rings. The molecule has 0 radical (unpaired) electrons. The summed E-state index contributed by atoms with van der Waals surface area (Å²) in [6, 6.07) is 2.13. The second-order valence-electron chi connectivity index (χ2n) is 2.76. The van der Waals surface area contributed by atoms with Gasteiger partial charge >= 0.3 is 0 Å². The predicted octanol–water partition coefficient (Wildman–Crippen LogP) is 3.76. The van der Waals surface area contributed by atoms with Gasteiger partial charge in [0.05, 0.1) is 6.07 Å². The molecule has 0 aliphatic rings. The van der Waals surface area contributed by atoms with Crippen LogP contribution in [0.5, 0.6) is 0 Å². The Hall–Kier alpha value is -1.29. The summed E-state index contributed by atoms with van der Waals surface area (Å²) in [6.07, 6.45) is 15.0. The van der Waals surface area contributed by atoms with Crippen molar-refractivity contribution < 1.29 is 0 Å². The van der Waals surface area contributed by atoms with Gasteiger partial charge in [-0.1, -0.05) is 37.0 Å². The second kappa shape index (κ2) is 10.7. The molecule has 0 rings (SSSR count). The van der Waals surface area contributed by atoms with Gasteiger partial charge in [0, 0.05) is 6.42 Å². The Balaban J connectivity index is 3.17. The van der Waals surface area contributed by atoms with Gasteiger partial charge in [-0.05, 0) is 25.7 Å². The summed E-state index contributed by atoms with van der Waals surface area (Å²) in [5, 5.41) is 8.27. The van der Waals surface area contributed by atoms with Crippen LogP contribution in [-0.4, -0.2) is 0 Å². The molecule has 1 nitrogen and oxygen atoms in total. The molecule has 0 aromatic carbocycles. The zero-order chi connectivity index (χ0) is 9.78. The summed E-state index contributed by atoms with van der Waals surface area (Å²) in [4.78, 5) is 0. The van der Waals surface area contributed by atoms with E-state index >= 15 is 0 Å². The average molecular weight is 175 g/mol. The Labute approximate surface area is 81.1 Å². The maximum absolute atomic E-state index is 8.27. The van der Waals surface area contributed by atoms with Crippen LogP contribution in [0.3, 0.4) is 0 Å². The van der Waals surface area contributed by atoms with Crippen molar-refractivity contribution >= 4 is 0 Å². The van der Waals surface area contributed by atoms with Gasteiger partial charge in [0.1, 0.15) is 0 Å². The fourth-order valence-corrected chi connectivity index (χ4v) is 0.920. The quantitative estimate of drug-likeness (QED) is 0.328. The molecule has 0 spiro atoms. The first-order valence-corrected chi connectivity index (χ1v) is 4.71. The van der Waals surface area contributed by atoms with Crippen LogP contribution in [0.1, 0.15) is 32.1 Å². The number of nitrogens with zero attached hydrogens (tertiary/aromatic N) is 1. The summed E-state index contributed by atoms with van der Waals surface area (Å²) in [5.41, 5.74) is 0. The zero-order valence-corrected chi connectivity index (χ0v) is 8.08. The smallest absolute Gasteiger partial charge is 0.0621 e. The molecule has 0 atom stereocenters. The minimum absolute atomic E-state index is 0.667. The van der Waals surface area contributed by atoms with E-state index in [9.17, 15) is 0 Å². The van der Waals surface area contributed by atoms with E-state index in [0.29, 0.717) is 6.42 Å². The fourth-order valence-electron chi connectivity index (χ4n) is 0.920. The molecule has 13 heavy (non-hydrogen) atoms. The SMILES string of the molecule is C=C/C=C/CC/C=C/CCCC#N. The van der Waals surface area contributed by atoms with Crippen LogP contribution in [0.25, 0.3) is 0 Å². The third-order valence-electron chi connectivity index (χ3n) is 1.60. The van der Waals surface area contributed by atoms with Crippen LogP contribution in [0.15, 0.2) is 37.0 Å². The van der Waals surface area contributed by atoms with Crippen LogP contribution in [0.2, 0.25) is 0 Å². The molecule has 0 fully saturated rings. The van der Waals surface area contributed by atoms with Gasteiger partial charge in [0.25, 0.3) is 0 Å². The van der Waals surface area contributed by atoms with Crippen molar-refractivity contribution in [2.45, 2.75) is 32.1 Å². The summed E-state index contributed by atoms with van der Waals surface area (Å²) in [6.45, 7) is 3.59. The summed E-state index contributed by atoms with van der Waals surface area (Å²) < 4.78 is 0. The lowest BCUT2D eigenvalue weighted by Gasteiger charge is -1.87. The number of unbranched alkanes of at least 4 members (excludes halogenated alkanes) is 3. The van der Waals surface area contributed by atoms with E-state index in [1.165, 1.54) is 0 Å². The Bertz CT molecular complexity index is 206. The van der Waals surface area contributed by atoms with Gasteiger partial charge in [-0.2, -0.15) is 5.26 Å². The van der Waals surface area contributed by atoms with Crippen LogP contribution in [0, 0.1) is 11.3 Å². The number of rotatable bonds is 7. The van der Waals surface area contributed by atoms with Crippen molar-refractivity contribution in [1.29, 1.82) is 5.26 Å². The van der Waals surface area contributed by atoms with Crippen LogP contribution < -0.4 is 0 Å². The molecule has 0 amide bonds. The highest BCUT2D eigenvalue weighted by Crippen LogP contribution is 1.98. The Morgan fingerprint density at radius 1 is 1.08 bits per heavy atom. The van der Waals surface area contributed by atoms with Gasteiger partial charge < -0.3 is 0 Å². The van der Waals surface area contributed by atoms with E-state index in [0.717, 1.165) is 25.7 Å². The van der Waals surface area contributed by atoms with Crippen molar-refractivity contribution in [2.24, 2.45) is 0 Å². The van der Waals surface area contributed by atoms with E-state index in [1.54, 1.807) is 6.08 Å². The van der Waals surface area contributed by atoms with Crippen molar-refractivity contribution in [3.8, 4) is 6.07 Å². The molecule has 1 heteroatoms. The topological polar surface area (TPSA) is 23.8 Å². The number of hydrogen-bond donors (Lipinski definition) is 0. The van der Waals surface area contributed by atoms with Crippen LogP contribution >= 0.6 is 0 Å². The first kappa shape index (κ1) is 11.7. The molecule has 0 heterocycles. The van der Waals surface area contributed by atoms with E-state index < -0.39 is 0 Å². The fraction of sp³-hybridized carbons (Fsp3) is 0.417. The number of allylic oxidation sites excluding steroid dienone is 5. The lowest BCUT2D eigenvalue weighted by atomic mass is 10.2. The highest BCUT2D eigenvalue weighted by atomic mass is 14.2. The third-order valence-corrected chi connectivity index (χ3v) is 1.60. The third kappa shape index (κ3) is 10.7. The molecule has 0 aliphatic heterocycles. The zero-order valence-electron chi connectivity index (χ0n) is 8.08. The lowest BCUT2D eigenvalue weighted by molar-refractivity contribution is 0.870. The minimum atomic E-state index is 0.667. The second-order valence-corrected chi connectivity index (χ2v) is 2.76. The minimum Gasteiger partial charge on any atom is -0.198 e. The maximum atomic E-state index is 8.27. The first-order valence-electron chi connectivity index (χ1n) is 4.71. The molecule has 0 bridgehead atoms. The highest BCUT2D eigenvalue weighted by Gasteiger charge is 1.80. The van der Waals surface area contributed by atoms with E-state index in [-0.39, 0.29) is 0 Å². The monoisotopic (exact) mass is 175 g/mol. The van der Waals surface area contributed by atoms with Gasteiger partial charge in [0.15, 0.2) is 0 Å². The van der Waals surface area contributed by atoms with Gasteiger partial charge in [-0.15, -0.1) is 0 Å². The van der Waals surface area contributed by atoms with Crippen LogP contribution in [0.4, 0.5) is 0 Å². The van der Waals surface area contributed by atoms with Crippen molar-refractivity contribution in [2.75, 3.05) is 0 Å². The number of nitriles is 1. The average Bonchev–Trinajstić information content (AvgIpc) is 2.16. The molecule has 0 saturated carbocycles. The Morgan fingerprint density at radius 2 is 1.77 bits per heavy atom. The summed E-state index contributed by atoms with van der Waals surface area (Å²) in [5.74, 6) is 0. The first-order chi connectivity index (χ1) is 6.41. The molecule has 70 valence electrons. The van der Waals surface area contributed by atoms with E-state index in [2.05, 4.69) is 30.9 Å². The normalized spacial score (nSPS) is 10.7. The molecule has 0 saturated heterocycles. The van der Waals surface area contributed by atoms with Crippen LogP contribution in [-0.2, 0) is 0 Å². The Morgan fingerprint density at radius 3 is 2.46 bits per heavy atom. The maximum Gasteiger partial charge on any atom is 0.0621 e. The Kier molecular flexibility index (Phi) is 9.65. The highest BCUT2D eigenvalue weighted by molar-refractivity contribution is 4.98. The van der Waals surface area contributed by atoms with Crippen molar-refractivity contribution in [1.82, 2.24) is 0 Å². The largest absolute Gasteiger partial charge is 0.198 e.